The van der Waals surface area contributed by atoms with Gasteiger partial charge in [0.25, 0.3) is 0 Å². The van der Waals surface area contributed by atoms with E-state index in [9.17, 15) is 0 Å². The van der Waals surface area contributed by atoms with Crippen LogP contribution in [0.3, 0.4) is 0 Å². The number of nitrogens with one attached hydrogen (secondary N) is 2. The van der Waals surface area contributed by atoms with Gasteiger partial charge < -0.3 is 14.9 Å². The van der Waals surface area contributed by atoms with Crippen LogP contribution in [0.2, 0.25) is 5.02 Å². The number of halogens is 1. The van der Waals surface area contributed by atoms with Crippen molar-refractivity contribution in [1.82, 2.24) is 14.9 Å². The second-order valence-electron chi connectivity index (χ2n) is 5.86. The molecule has 0 amide bonds. The summed E-state index contributed by atoms with van der Waals surface area (Å²) in [4.78, 5) is 0. The van der Waals surface area contributed by atoms with Crippen LogP contribution in [-0.2, 0) is 13.2 Å². The number of nitrogens with zero attached hydrogens (tertiary/aromatic N) is 2. The van der Waals surface area contributed by atoms with Crippen LogP contribution in [0.4, 0.5) is 0 Å². The van der Waals surface area contributed by atoms with Crippen molar-refractivity contribution in [3.63, 3.8) is 0 Å². The molecule has 0 unspecified atom stereocenters. The maximum Gasteiger partial charge on any atom is 0.214 e. The Morgan fingerprint density at radius 3 is 2.63 bits per heavy atom. The number of aryl methyl sites for hydroxylation is 1. The summed E-state index contributed by atoms with van der Waals surface area (Å²) in [6.45, 7) is 5.22. The third kappa shape index (κ3) is 4.81. The van der Waals surface area contributed by atoms with E-state index in [4.69, 9.17) is 33.3 Å². The summed E-state index contributed by atoms with van der Waals surface area (Å²) in [6.07, 6.45) is 0. The van der Waals surface area contributed by atoms with Gasteiger partial charge in [-0.15, -0.1) is 0 Å². The molecule has 1 heterocycles. The van der Waals surface area contributed by atoms with Crippen LogP contribution in [0, 0.1) is 11.7 Å². The highest BCUT2D eigenvalue weighted by molar-refractivity contribution is 7.71. The van der Waals surface area contributed by atoms with Crippen LogP contribution in [0.1, 0.15) is 23.9 Å². The lowest BCUT2D eigenvalue weighted by molar-refractivity contribution is 0.269. The van der Waals surface area contributed by atoms with E-state index in [2.05, 4.69) is 15.6 Å². The Labute approximate surface area is 168 Å². The minimum atomic E-state index is 0.418. The van der Waals surface area contributed by atoms with E-state index in [0.717, 1.165) is 17.0 Å². The van der Waals surface area contributed by atoms with E-state index in [1.54, 1.807) is 4.68 Å². The van der Waals surface area contributed by atoms with Crippen molar-refractivity contribution >= 4 is 23.8 Å². The molecule has 0 saturated carbocycles. The van der Waals surface area contributed by atoms with Gasteiger partial charge in [-0.25, -0.2) is 4.68 Å². The molecule has 0 spiro atoms. The van der Waals surface area contributed by atoms with Crippen LogP contribution in [0.25, 0.3) is 0 Å². The zero-order valence-electron chi connectivity index (χ0n) is 15.2. The third-order valence-electron chi connectivity index (χ3n) is 3.88. The Bertz CT molecular complexity index is 956. The van der Waals surface area contributed by atoms with Crippen LogP contribution < -0.4 is 14.9 Å². The fourth-order valence-electron chi connectivity index (χ4n) is 2.59. The monoisotopic (exact) mass is 404 g/mol. The SMILES string of the molecule is CCOc1cc(CNn2c(C)n[nH]c2=S)cc(Cl)c1OCc1ccccc1. The van der Waals surface area contributed by atoms with Gasteiger partial charge in [-0.05, 0) is 49.3 Å². The average Bonchev–Trinajstić information content (AvgIpc) is 2.98. The molecule has 0 aliphatic rings. The van der Waals surface area contributed by atoms with Gasteiger partial charge in [-0.2, -0.15) is 5.10 Å². The first-order chi connectivity index (χ1) is 13.1. The van der Waals surface area contributed by atoms with Gasteiger partial charge >= 0.3 is 0 Å². The summed E-state index contributed by atoms with van der Waals surface area (Å²) in [6, 6.07) is 13.7. The summed E-state index contributed by atoms with van der Waals surface area (Å²) in [7, 11) is 0. The fourth-order valence-corrected chi connectivity index (χ4v) is 3.12. The minimum Gasteiger partial charge on any atom is -0.490 e. The Balaban J connectivity index is 1.78. The second-order valence-corrected chi connectivity index (χ2v) is 6.65. The number of hydrogen-bond acceptors (Lipinski definition) is 5. The Morgan fingerprint density at radius 1 is 1.19 bits per heavy atom. The normalized spacial score (nSPS) is 10.6. The van der Waals surface area contributed by atoms with E-state index in [-0.39, 0.29) is 0 Å². The summed E-state index contributed by atoms with van der Waals surface area (Å²) in [5.74, 6) is 1.91. The Morgan fingerprint density at radius 2 is 1.96 bits per heavy atom. The van der Waals surface area contributed by atoms with Crippen molar-refractivity contribution < 1.29 is 9.47 Å². The first-order valence-corrected chi connectivity index (χ1v) is 9.37. The second kappa shape index (κ2) is 8.92. The molecular weight excluding hydrogens is 384 g/mol. The van der Waals surface area contributed by atoms with Crippen molar-refractivity contribution in [2.45, 2.75) is 27.0 Å². The van der Waals surface area contributed by atoms with Crippen molar-refractivity contribution in [3.8, 4) is 11.5 Å². The van der Waals surface area contributed by atoms with Crippen molar-refractivity contribution in [2.24, 2.45) is 0 Å². The molecule has 0 saturated heterocycles. The summed E-state index contributed by atoms with van der Waals surface area (Å²) < 4.78 is 13.9. The van der Waals surface area contributed by atoms with Gasteiger partial charge in [-0.3, -0.25) is 5.10 Å². The Kier molecular flexibility index (Phi) is 6.36. The molecule has 3 rings (SSSR count). The number of rotatable bonds is 8. The van der Waals surface area contributed by atoms with Crippen LogP contribution >= 0.6 is 23.8 Å². The lowest BCUT2D eigenvalue weighted by atomic mass is 10.2. The molecule has 0 aliphatic carbocycles. The standard InChI is InChI=1S/C19H21ClN4O2S/c1-3-25-17-10-15(11-21-24-13(2)22-23-19(24)27)9-16(20)18(17)26-12-14-7-5-4-6-8-14/h4-10,21H,3,11-12H2,1-2H3,(H,23,27). The highest BCUT2D eigenvalue weighted by Crippen LogP contribution is 2.37. The van der Waals surface area contributed by atoms with E-state index in [1.165, 1.54) is 0 Å². The molecule has 8 heteroatoms. The van der Waals surface area contributed by atoms with Gasteiger partial charge in [-0.1, -0.05) is 41.9 Å². The van der Waals surface area contributed by atoms with E-state index >= 15 is 0 Å². The predicted octanol–water partition coefficient (Wildman–Crippen LogP) is 4.62. The number of benzene rings is 2. The van der Waals surface area contributed by atoms with E-state index < -0.39 is 0 Å². The third-order valence-corrected chi connectivity index (χ3v) is 4.43. The molecule has 2 aromatic carbocycles. The van der Waals surface area contributed by atoms with Crippen LogP contribution in [-0.4, -0.2) is 21.5 Å². The van der Waals surface area contributed by atoms with Gasteiger partial charge in [0.2, 0.25) is 4.77 Å². The molecule has 0 fully saturated rings. The topological polar surface area (TPSA) is 64.1 Å². The van der Waals surface area contributed by atoms with Crippen molar-refractivity contribution in [3.05, 3.63) is 69.2 Å². The van der Waals surface area contributed by atoms with Crippen molar-refractivity contribution in [1.29, 1.82) is 0 Å². The molecule has 0 bridgehead atoms. The smallest absolute Gasteiger partial charge is 0.214 e. The predicted molar refractivity (Wildman–Crippen MR) is 109 cm³/mol. The molecule has 142 valence electrons. The highest BCUT2D eigenvalue weighted by atomic mass is 35.5. The van der Waals surface area contributed by atoms with Gasteiger partial charge in [0.15, 0.2) is 11.5 Å². The molecule has 3 aromatic rings. The number of ether oxygens (including phenoxy) is 2. The molecule has 27 heavy (non-hydrogen) atoms. The van der Waals surface area contributed by atoms with Gasteiger partial charge in [0, 0.05) is 0 Å². The van der Waals surface area contributed by atoms with E-state index in [0.29, 0.717) is 41.1 Å². The number of H-pyrrole nitrogens is 1. The van der Waals surface area contributed by atoms with Gasteiger partial charge in [0.1, 0.15) is 12.4 Å². The number of aromatic amines is 1. The first-order valence-electron chi connectivity index (χ1n) is 8.58. The average molecular weight is 405 g/mol. The summed E-state index contributed by atoms with van der Waals surface area (Å²) in [5.41, 5.74) is 5.22. The molecule has 0 atom stereocenters. The largest absolute Gasteiger partial charge is 0.490 e. The fraction of sp³-hybridized carbons (Fsp3) is 0.263. The first kappa shape index (κ1) is 19.3. The van der Waals surface area contributed by atoms with E-state index in [1.807, 2.05) is 56.3 Å². The zero-order valence-corrected chi connectivity index (χ0v) is 16.7. The lowest BCUT2D eigenvalue weighted by Crippen LogP contribution is -2.16. The Hall–Kier alpha value is -2.51. The molecule has 1 aromatic heterocycles. The summed E-state index contributed by atoms with van der Waals surface area (Å²) in [5, 5.41) is 7.31. The zero-order chi connectivity index (χ0) is 19.2. The molecule has 6 nitrogen and oxygen atoms in total. The summed E-state index contributed by atoms with van der Waals surface area (Å²) >= 11 is 11.7. The van der Waals surface area contributed by atoms with Gasteiger partial charge in [0.05, 0.1) is 18.2 Å². The van der Waals surface area contributed by atoms with Crippen molar-refractivity contribution in [2.75, 3.05) is 12.0 Å². The number of aromatic nitrogens is 3. The molecule has 2 N–H and O–H groups in total. The molecular formula is C19H21ClN4O2S. The molecule has 0 aliphatic heterocycles. The molecule has 0 radical (unpaired) electrons. The highest BCUT2D eigenvalue weighted by Gasteiger charge is 2.13. The maximum absolute atomic E-state index is 6.48. The maximum atomic E-state index is 6.48. The minimum absolute atomic E-state index is 0.418. The quantitative estimate of drug-likeness (QED) is 0.536. The number of hydrogen-bond donors (Lipinski definition) is 2. The lowest BCUT2D eigenvalue weighted by Gasteiger charge is -2.16. The van der Waals surface area contributed by atoms with Crippen LogP contribution in [0.15, 0.2) is 42.5 Å². The van der Waals surface area contributed by atoms with Crippen LogP contribution in [0.5, 0.6) is 11.5 Å².